The van der Waals surface area contributed by atoms with Crippen LogP contribution in [0.3, 0.4) is 0 Å². The molecular weight excluding hydrogens is 142 g/mol. The number of pyridine rings is 1. The van der Waals surface area contributed by atoms with E-state index in [2.05, 4.69) is 0 Å². The van der Waals surface area contributed by atoms with Gasteiger partial charge in [-0.3, -0.25) is 4.79 Å². The molecule has 1 rings (SSSR count). The topological polar surface area (TPSA) is 31.2 Å². The monoisotopic (exact) mass is 154 g/mol. The van der Waals surface area contributed by atoms with Gasteiger partial charge in [-0.15, -0.1) is 0 Å². The third kappa shape index (κ3) is 1.42. The molecule has 0 N–H and O–H groups in total. The van der Waals surface area contributed by atoms with E-state index in [-0.39, 0.29) is 11.6 Å². The lowest BCUT2D eigenvalue weighted by Gasteiger charge is -2.04. The van der Waals surface area contributed by atoms with Crippen LogP contribution in [0, 0.1) is 6.92 Å². The van der Waals surface area contributed by atoms with Gasteiger partial charge in [0.15, 0.2) is 0 Å². The van der Waals surface area contributed by atoms with Crippen LogP contribution in [0.1, 0.15) is 6.93 Å². The fourth-order valence-electron chi connectivity index (χ4n) is 0.904. The second-order valence-electron chi connectivity index (χ2n) is 2.39. The first-order chi connectivity index (χ1) is 5.57. The van der Waals surface area contributed by atoms with E-state index in [9.17, 15) is 4.79 Å². The summed E-state index contributed by atoms with van der Waals surface area (Å²) in [6.45, 7) is 1.80. The van der Waals surface area contributed by atoms with E-state index in [0.29, 0.717) is 5.75 Å². The van der Waals surface area contributed by atoms with E-state index in [1.807, 2.05) is 0 Å². The van der Waals surface area contributed by atoms with Gasteiger partial charge in [-0.2, -0.15) is 0 Å². The van der Waals surface area contributed by atoms with Crippen LogP contribution in [0.2, 0.25) is 0 Å². The molecule has 60 valence electrons. The standard InChI is InChI=1S/C8H11NO2/c1-6-5-9(2)8(10)4-7(6)11-3/h4-5H,1-3H3/i4D. The lowest BCUT2D eigenvalue weighted by Crippen LogP contribution is -2.15. The summed E-state index contributed by atoms with van der Waals surface area (Å²) in [4.78, 5) is 11.2. The fourth-order valence-corrected chi connectivity index (χ4v) is 0.904. The van der Waals surface area contributed by atoms with Gasteiger partial charge in [0.05, 0.1) is 8.48 Å². The zero-order chi connectivity index (χ0) is 9.30. The van der Waals surface area contributed by atoms with Crippen LogP contribution in [0.25, 0.3) is 0 Å². The van der Waals surface area contributed by atoms with Crippen molar-refractivity contribution in [2.24, 2.45) is 7.05 Å². The number of methoxy groups -OCH3 is 1. The molecule has 0 atom stereocenters. The Balaban J connectivity index is 3.52. The van der Waals surface area contributed by atoms with Crippen molar-refractivity contribution >= 4 is 0 Å². The number of ether oxygens (including phenoxy) is 1. The number of hydrogen-bond donors (Lipinski definition) is 0. The quantitative estimate of drug-likeness (QED) is 0.596. The second-order valence-corrected chi connectivity index (χ2v) is 2.39. The highest BCUT2D eigenvalue weighted by Crippen LogP contribution is 2.11. The molecule has 0 amide bonds. The summed E-state index contributed by atoms with van der Waals surface area (Å²) in [5.41, 5.74) is 0.460. The smallest absolute Gasteiger partial charge is 0.253 e. The highest BCUT2D eigenvalue weighted by molar-refractivity contribution is 5.28. The van der Waals surface area contributed by atoms with Crippen molar-refractivity contribution in [3.63, 3.8) is 0 Å². The van der Waals surface area contributed by atoms with Crippen molar-refractivity contribution in [3.8, 4) is 5.75 Å². The summed E-state index contributed by atoms with van der Waals surface area (Å²) < 4.78 is 13.7. The van der Waals surface area contributed by atoms with E-state index >= 15 is 0 Å². The average molecular weight is 154 g/mol. The maximum absolute atomic E-state index is 11.2. The van der Waals surface area contributed by atoms with Crippen LogP contribution in [0.4, 0.5) is 0 Å². The Morgan fingerprint density at radius 3 is 2.91 bits per heavy atom. The highest BCUT2D eigenvalue weighted by Gasteiger charge is 1.99. The molecule has 3 heteroatoms. The number of aryl methyl sites for hydroxylation is 2. The molecule has 0 aliphatic heterocycles. The van der Waals surface area contributed by atoms with Crippen molar-refractivity contribution in [1.82, 2.24) is 4.57 Å². The summed E-state index contributed by atoms with van der Waals surface area (Å²) in [5, 5.41) is 0. The third-order valence-corrected chi connectivity index (χ3v) is 1.49. The lowest BCUT2D eigenvalue weighted by atomic mass is 10.3. The first kappa shape index (κ1) is 6.46. The molecule has 0 saturated carbocycles. The summed E-state index contributed by atoms with van der Waals surface area (Å²) in [6.07, 6.45) is 1.65. The maximum atomic E-state index is 11.2. The van der Waals surface area contributed by atoms with Gasteiger partial charge >= 0.3 is 0 Å². The van der Waals surface area contributed by atoms with E-state index < -0.39 is 0 Å². The van der Waals surface area contributed by atoms with Crippen molar-refractivity contribution < 1.29 is 6.11 Å². The van der Waals surface area contributed by atoms with E-state index in [1.165, 1.54) is 11.7 Å². The van der Waals surface area contributed by atoms with Crippen LogP contribution in [0.5, 0.6) is 5.75 Å². The Hall–Kier alpha value is -1.25. The number of rotatable bonds is 1. The van der Waals surface area contributed by atoms with Crippen LogP contribution in [0.15, 0.2) is 17.0 Å². The van der Waals surface area contributed by atoms with Gasteiger partial charge < -0.3 is 9.30 Å². The van der Waals surface area contributed by atoms with Gasteiger partial charge in [-0.25, -0.2) is 0 Å². The lowest BCUT2D eigenvalue weighted by molar-refractivity contribution is 0.409. The molecule has 1 aromatic heterocycles. The van der Waals surface area contributed by atoms with Crippen molar-refractivity contribution in [3.05, 3.63) is 28.2 Å². The Bertz CT molecular complexity index is 357. The van der Waals surface area contributed by atoms with Crippen molar-refractivity contribution in [2.45, 2.75) is 6.92 Å². The minimum atomic E-state index is -0.336. The molecule has 1 heterocycles. The highest BCUT2D eigenvalue weighted by atomic mass is 16.5. The molecule has 0 fully saturated rings. The maximum Gasteiger partial charge on any atom is 0.253 e. The SMILES string of the molecule is [2H]c1c(OC)c(C)cn(C)c1=O. The minimum Gasteiger partial charge on any atom is -0.496 e. The number of hydrogen-bond acceptors (Lipinski definition) is 2. The predicted molar refractivity (Wildman–Crippen MR) is 43.0 cm³/mol. The molecule has 11 heavy (non-hydrogen) atoms. The summed E-state index contributed by atoms with van der Waals surface area (Å²) in [6, 6.07) is -0.0833. The van der Waals surface area contributed by atoms with Gasteiger partial charge in [0.2, 0.25) is 0 Å². The molecule has 0 radical (unpaired) electrons. The van der Waals surface area contributed by atoms with E-state index in [4.69, 9.17) is 6.11 Å². The number of aromatic nitrogens is 1. The van der Waals surface area contributed by atoms with Gasteiger partial charge in [-0.1, -0.05) is 0 Å². The molecule has 0 aliphatic carbocycles. The first-order valence-corrected chi connectivity index (χ1v) is 3.28. The minimum absolute atomic E-state index is 0.0833. The zero-order valence-corrected chi connectivity index (χ0v) is 6.84. The van der Waals surface area contributed by atoms with Gasteiger partial charge in [-0.05, 0) is 6.92 Å². The Morgan fingerprint density at radius 1 is 1.73 bits per heavy atom. The summed E-state index contributed by atoms with van der Waals surface area (Å²) >= 11 is 0. The molecule has 0 bridgehead atoms. The van der Waals surface area contributed by atoms with Gasteiger partial charge in [0, 0.05) is 24.9 Å². The molecular formula is C8H11NO2. The first-order valence-electron chi connectivity index (χ1n) is 3.78. The Morgan fingerprint density at radius 2 is 2.36 bits per heavy atom. The molecule has 0 spiro atoms. The normalized spacial score (nSPS) is 11.0. The molecule has 0 saturated heterocycles. The van der Waals surface area contributed by atoms with Crippen LogP contribution in [-0.4, -0.2) is 11.7 Å². The zero-order valence-electron chi connectivity index (χ0n) is 7.84. The van der Waals surface area contributed by atoms with Crippen LogP contribution in [-0.2, 0) is 7.05 Å². The molecule has 0 aromatic carbocycles. The average Bonchev–Trinajstić information content (AvgIpc) is 2.01. The Labute approximate surface area is 66.6 Å². The molecule has 3 nitrogen and oxygen atoms in total. The third-order valence-electron chi connectivity index (χ3n) is 1.49. The molecule has 0 aliphatic rings. The van der Waals surface area contributed by atoms with Gasteiger partial charge in [0.1, 0.15) is 5.75 Å². The fraction of sp³-hybridized carbons (Fsp3) is 0.375. The number of nitrogens with zero attached hydrogens (tertiary/aromatic N) is 1. The van der Waals surface area contributed by atoms with Gasteiger partial charge in [0.25, 0.3) is 5.56 Å². The van der Waals surface area contributed by atoms with Crippen LogP contribution < -0.4 is 10.3 Å². The molecule has 1 aromatic rings. The molecule has 0 unspecified atom stereocenters. The predicted octanol–water partition coefficient (Wildman–Crippen LogP) is 0.702. The van der Waals surface area contributed by atoms with Crippen molar-refractivity contribution in [1.29, 1.82) is 0 Å². The summed E-state index contributed by atoms with van der Waals surface area (Å²) in [5.74, 6) is 0.359. The van der Waals surface area contributed by atoms with E-state index in [0.717, 1.165) is 5.56 Å². The largest absolute Gasteiger partial charge is 0.496 e. The summed E-state index contributed by atoms with van der Waals surface area (Å²) in [7, 11) is 3.08. The second kappa shape index (κ2) is 2.78. The van der Waals surface area contributed by atoms with E-state index in [1.54, 1.807) is 20.2 Å². The van der Waals surface area contributed by atoms with Crippen LogP contribution >= 0.6 is 0 Å². The van der Waals surface area contributed by atoms with Crippen molar-refractivity contribution in [2.75, 3.05) is 7.11 Å². The Kier molecular flexibility index (Phi) is 1.63.